The zero-order valence-corrected chi connectivity index (χ0v) is 17.3. The molecule has 1 heterocycles. The highest BCUT2D eigenvalue weighted by Crippen LogP contribution is 2.36. The second kappa shape index (κ2) is 8.73. The topological polar surface area (TPSA) is 134 Å². The predicted octanol–water partition coefficient (Wildman–Crippen LogP) is 4.24. The predicted molar refractivity (Wildman–Crippen MR) is 123 cm³/mol. The van der Waals surface area contributed by atoms with Crippen LogP contribution in [0.2, 0.25) is 0 Å². The van der Waals surface area contributed by atoms with Gasteiger partial charge < -0.3 is 20.9 Å². The number of nitrogens with zero attached hydrogens (tertiary/aromatic N) is 2. The number of carboxylic acid groups (broad SMARTS) is 1. The van der Waals surface area contributed by atoms with Crippen LogP contribution in [0.4, 0.5) is 11.6 Å². The van der Waals surface area contributed by atoms with E-state index in [1.54, 1.807) is 49.6 Å². The molecule has 4 rings (SSSR count). The van der Waals surface area contributed by atoms with Gasteiger partial charge in [0.15, 0.2) is 0 Å². The Morgan fingerprint density at radius 1 is 1.12 bits per heavy atom. The highest BCUT2D eigenvalue weighted by molar-refractivity contribution is 6.04. The Hall–Kier alpha value is -4.46. The van der Waals surface area contributed by atoms with Crippen LogP contribution in [0.15, 0.2) is 67.0 Å². The van der Waals surface area contributed by atoms with Gasteiger partial charge in [-0.25, -0.2) is 14.8 Å². The zero-order chi connectivity index (χ0) is 22.7. The monoisotopic (exact) mass is 427 g/mol. The highest BCUT2D eigenvalue weighted by atomic mass is 16.5. The summed E-state index contributed by atoms with van der Waals surface area (Å²) in [6.07, 6.45) is 3.27. The van der Waals surface area contributed by atoms with Crippen molar-refractivity contribution < 1.29 is 14.6 Å². The molecule has 1 aromatic heterocycles. The first kappa shape index (κ1) is 20.8. The molecule has 4 aromatic rings. The Labute approximate surface area is 184 Å². The lowest BCUT2D eigenvalue weighted by atomic mass is 10.0. The molecule has 0 aliphatic carbocycles. The molecule has 0 atom stereocenters. The maximum absolute atomic E-state index is 11.3. The van der Waals surface area contributed by atoms with Crippen molar-refractivity contribution >= 4 is 34.2 Å². The molecule has 160 valence electrons. The van der Waals surface area contributed by atoms with E-state index in [9.17, 15) is 9.90 Å². The van der Waals surface area contributed by atoms with Gasteiger partial charge in [0.05, 0.1) is 11.3 Å². The van der Waals surface area contributed by atoms with Gasteiger partial charge >= 0.3 is 5.97 Å². The lowest BCUT2D eigenvalue weighted by molar-refractivity contribution is 0.0696. The van der Waals surface area contributed by atoms with Crippen LogP contribution in [0.1, 0.15) is 27.0 Å². The van der Waals surface area contributed by atoms with Crippen LogP contribution in [0.25, 0.3) is 10.8 Å². The number of aromatic carboxylic acids is 1. The number of aromatic nitrogens is 2. The average Bonchev–Trinajstić information content (AvgIpc) is 2.78. The number of nitrogen functional groups attached to an aromatic ring is 1. The summed E-state index contributed by atoms with van der Waals surface area (Å²) in [7, 11) is 0. The van der Waals surface area contributed by atoms with Crippen LogP contribution in [0.3, 0.4) is 0 Å². The molecule has 0 aliphatic rings. The Morgan fingerprint density at radius 3 is 2.56 bits per heavy atom. The summed E-state index contributed by atoms with van der Waals surface area (Å²) in [5.41, 5.74) is 8.70. The minimum Gasteiger partial charge on any atom is -0.487 e. The molecule has 8 nitrogen and oxygen atoms in total. The SMILES string of the molecule is Cc1cc(COc2ccc3ccc(C(=N)N)cc3c2Nc2ncccn2)ccc1C(=O)O. The van der Waals surface area contributed by atoms with Crippen LogP contribution in [0, 0.1) is 12.3 Å². The molecule has 0 unspecified atom stereocenters. The van der Waals surface area contributed by atoms with Crippen molar-refractivity contribution in [3.63, 3.8) is 0 Å². The number of carbonyl (C=O) groups is 1. The van der Waals surface area contributed by atoms with Gasteiger partial charge in [-0.2, -0.15) is 0 Å². The molecule has 32 heavy (non-hydrogen) atoms. The van der Waals surface area contributed by atoms with Crippen molar-refractivity contribution in [2.45, 2.75) is 13.5 Å². The van der Waals surface area contributed by atoms with E-state index in [0.717, 1.165) is 16.3 Å². The maximum Gasteiger partial charge on any atom is 0.335 e. The van der Waals surface area contributed by atoms with Crippen LogP contribution >= 0.6 is 0 Å². The van der Waals surface area contributed by atoms with E-state index in [1.165, 1.54) is 0 Å². The van der Waals surface area contributed by atoms with Crippen LogP contribution < -0.4 is 15.8 Å². The number of hydrogen-bond donors (Lipinski definition) is 4. The number of fused-ring (bicyclic) bond motifs is 1. The number of carboxylic acids is 1. The smallest absolute Gasteiger partial charge is 0.335 e. The van der Waals surface area contributed by atoms with Crippen molar-refractivity contribution in [3.05, 3.63) is 89.2 Å². The molecule has 0 amide bonds. The van der Waals surface area contributed by atoms with Gasteiger partial charge in [0.2, 0.25) is 5.95 Å². The van der Waals surface area contributed by atoms with Crippen LogP contribution in [-0.2, 0) is 6.61 Å². The van der Waals surface area contributed by atoms with Crippen LogP contribution in [-0.4, -0.2) is 26.9 Å². The lowest BCUT2D eigenvalue weighted by Gasteiger charge is -2.16. The highest BCUT2D eigenvalue weighted by Gasteiger charge is 2.13. The molecule has 0 radical (unpaired) electrons. The summed E-state index contributed by atoms with van der Waals surface area (Å²) in [5.74, 6) is -0.0281. The minimum atomic E-state index is -0.958. The third-order valence-corrected chi connectivity index (χ3v) is 5.01. The number of aryl methyl sites for hydroxylation is 1. The van der Waals surface area contributed by atoms with Gasteiger partial charge in [-0.3, -0.25) is 5.41 Å². The summed E-state index contributed by atoms with van der Waals surface area (Å²) in [6.45, 7) is 2.00. The molecule has 0 saturated carbocycles. The number of anilines is 2. The molecule has 8 heteroatoms. The first-order valence-corrected chi connectivity index (χ1v) is 9.83. The third kappa shape index (κ3) is 4.34. The van der Waals surface area contributed by atoms with E-state index in [4.69, 9.17) is 15.9 Å². The molecule has 3 aromatic carbocycles. The summed E-state index contributed by atoms with van der Waals surface area (Å²) in [4.78, 5) is 19.7. The quantitative estimate of drug-likeness (QED) is 0.256. The van der Waals surface area contributed by atoms with Gasteiger partial charge in [0.1, 0.15) is 18.2 Å². The third-order valence-electron chi connectivity index (χ3n) is 5.01. The fourth-order valence-corrected chi connectivity index (χ4v) is 3.41. The number of benzene rings is 3. The van der Waals surface area contributed by atoms with E-state index in [0.29, 0.717) is 28.5 Å². The molecule has 0 bridgehead atoms. The number of amidine groups is 1. The zero-order valence-electron chi connectivity index (χ0n) is 17.3. The normalized spacial score (nSPS) is 10.7. The second-order valence-electron chi connectivity index (χ2n) is 7.23. The van der Waals surface area contributed by atoms with Gasteiger partial charge in [0.25, 0.3) is 0 Å². The van der Waals surface area contributed by atoms with Crippen molar-refractivity contribution in [1.29, 1.82) is 5.41 Å². The lowest BCUT2D eigenvalue weighted by Crippen LogP contribution is -2.11. The Bertz CT molecular complexity index is 1320. The van der Waals surface area contributed by atoms with Crippen molar-refractivity contribution in [2.24, 2.45) is 5.73 Å². The molecule has 0 aliphatic heterocycles. The number of nitrogens with two attached hydrogens (primary N) is 1. The van der Waals surface area contributed by atoms with E-state index < -0.39 is 5.97 Å². The largest absolute Gasteiger partial charge is 0.487 e. The Balaban J connectivity index is 1.72. The van der Waals surface area contributed by atoms with E-state index in [-0.39, 0.29) is 18.0 Å². The van der Waals surface area contributed by atoms with Crippen molar-refractivity contribution in [2.75, 3.05) is 5.32 Å². The number of rotatable bonds is 7. The van der Waals surface area contributed by atoms with Gasteiger partial charge in [-0.15, -0.1) is 0 Å². The molecule has 0 spiro atoms. The molecular weight excluding hydrogens is 406 g/mol. The van der Waals surface area contributed by atoms with E-state index >= 15 is 0 Å². The summed E-state index contributed by atoms with van der Waals surface area (Å²) >= 11 is 0. The van der Waals surface area contributed by atoms with Gasteiger partial charge in [-0.05, 0) is 47.7 Å². The van der Waals surface area contributed by atoms with Crippen molar-refractivity contribution in [1.82, 2.24) is 9.97 Å². The average molecular weight is 427 g/mol. The summed E-state index contributed by atoms with van der Waals surface area (Å²) in [6, 6.07) is 16.1. The Kier molecular flexibility index (Phi) is 5.67. The molecule has 0 fully saturated rings. The minimum absolute atomic E-state index is 0.0332. The molecular formula is C24H21N5O3. The van der Waals surface area contributed by atoms with Crippen molar-refractivity contribution in [3.8, 4) is 5.75 Å². The summed E-state index contributed by atoms with van der Waals surface area (Å²) < 4.78 is 6.11. The standard InChI is InChI=1S/C24H21N5O3/c1-14-11-15(3-7-18(14)23(30)31)13-32-20-8-6-16-4-5-17(22(25)26)12-19(16)21(20)29-24-27-9-2-10-28-24/h2-12H,13H2,1H3,(H3,25,26)(H,30,31)(H,27,28,29). The van der Waals surface area contributed by atoms with Gasteiger partial charge in [0, 0.05) is 23.3 Å². The fraction of sp³-hybridized carbons (Fsp3) is 0.0833. The summed E-state index contributed by atoms with van der Waals surface area (Å²) in [5, 5.41) is 22.0. The first-order valence-electron chi connectivity index (χ1n) is 9.83. The fourth-order valence-electron chi connectivity index (χ4n) is 3.41. The Morgan fingerprint density at radius 2 is 1.88 bits per heavy atom. The maximum atomic E-state index is 11.3. The van der Waals surface area contributed by atoms with E-state index in [2.05, 4.69) is 15.3 Å². The van der Waals surface area contributed by atoms with Crippen LogP contribution in [0.5, 0.6) is 5.75 Å². The van der Waals surface area contributed by atoms with E-state index in [1.807, 2.05) is 24.3 Å². The second-order valence-corrected chi connectivity index (χ2v) is 7.23. The molecule has 0 saturated heterocycles. The first-order chi connectivity index (χ1) is 15.4. The molecule has 5 N–H and O–H groups in total. The number of nitrogens with one attached hydrogen (secondary N) is 2. The number of hydrogen-bond acceptors (Lipinski definition) is 6. The van der Waals surface area contributed by atoms with Gasteiger partial charge in [-0.1, -0.05) is 30.3 Å². The number of ether oxygens (including phenoxy) is 1.